The number of nitrogens with zero attached hydrogens (tertiary/aromatic N) is 2. The van der Waals surface area contributed by atoms with Gasteiger partial charge in [0.05, 0.1) is 24.1 Å². The molecule has 0 spiro atoms. The summed E-state index contributed by atoms with van der Waals surface area (Å²) in [7, 11) is 1.89. The van der Waals surface area contributed by atoms with Crippen LogP contribution in [-0.2, 0) is 29.8 Å². The fourth-order valence-corrected chi connectivity index (χ4v) is 3.15. The Labute approximate surface area is 158 Å². The van der Waals surface area contributed by atoms with Crippen LogP contribution in [0, 0.1) is 5.92 Å². The van der Waals surface area contributed by atoms with Crippen LogP contribution in [0.5, 0.6) is 5.75 Å². The second-order valence-corrected chi connectivity index (χ2v) is 6.90. The number of carbonyl (C=O) groups is 1. The van der Waals surface area contributed by atoms with Crippen molar-refractivity contribution in [3.8, 4) is 5.75 Å². The van der Waals surface area contributed by atoms with Gasteiger partial charge in [-0.3, -0.25) is 4.79 Å². The van der Waals surface area contributed by atoms with Gasteiger partial charge in [0.25, 0.3) is 0 Å². The van der Waals surface area contributed by atoms with Crippen molar-refractivity contribution in [1.29, 1.82) is 0 Å². The van der Waals surface area contributed by atoms with Crippen LogP contribution in [0.4, 0.5) is 0 Å². The van der Waals surface area contributed by atoms with E-state index in [0.29, 0.717) is 6.61 Å². The van der Waals surface area contributed by atoms with Crippen LogP contribution in [0.3, 0.4) is 0 Å². The molecule has 3 aromatic rings. The molecule has 1 saturated carbocycles. The summed E-state index contributed by atoms with van der Waals surface area (Å²) in [4.78, 5) is 16.3. The second-order valence-electron chi connectivity index (χ2n) is 6.90. The van der Waals surface area contributed by atoms with Crippen molar-refractivity contribution in [3.05, 3.63) is 83.9 Å². The number of benzene rings is 2. The van der Waals surface area contributed by atoms with E-state index < -0.39 is 0 Å². The fourth-order valence-electron chi connectivity index (χ4n) is 3.15. The number of rotatable bonds is 7. The summed E-state index contributed by atoms with van der Waals surface area (Å²) < 4.78 is 13.1. The number of aromatic nitrogens is 2. The van der Waals surface area contributed by atoms with Crippen LogP contribution in [0.2, 0.25) is 0 Å². The van der Waals surface area contributed by atoms with Crippen molar-refractivity contribution in [3.63, 3.8) is 0 Å². The third-order valence-electron chi connectivity index (χ3n) is 4.93. The number of ether oxygens (including phenoxy) is 2. The molecule has 5 heteroatoms. The molecule has 1 aliphatic carbocycles. The summed E-state index contributed by atoms with van der Waals surface area (Å²) in [5.74, 6) is 0.894. The van der Waals surface area contributed by atoms with E-state index >= 15 is 0 Å². The first-order valence-corrected chi connectivity index (χ1v) is 9.09. The van der Waals surface area contributed by atoms with Crippen LogP contribution in [0.25, 0.3) is 0 Å². The van der Waals surface area contributed by atoms with Crippen molar-refractivity contribution in [2.24, 2.45) is 13.0 Å². The van der Waals surface area contributed by atoms with Crippen molar-refractivity contribution in [2.75, 3.05) is 0 Å². The topological polar surface area (TPSA) is 53.4 Å². The molecule has 0 N–H and O–H groups in total. The molecule has 27 heavy (non-hydrogen) atoms. The quantitative estimate of drug-likeness (QED) is 0.599. The molecule has 0 unspecified atom stereocenters. The molecule has 1 aliphatic rings. The monoisotopic (exact) mass is 362 g/mol. The lowest BCUT2D eigenvalue weighted by molar-refractivity contribution is -0.146. The minimum absolute atomic E-state index is 0.0469. The van der Waals surface area contributed by atoms with Gasteiger partial charge in [0.1, 0.15) is 19.0 Å². The van der Waals surface area contributed by atoms with Crippen molar-refractivity contribution in [1.82, 2.24) is 9.55 Å². The van der Waals surface area contributed by atoms with Crippen molar-refractivity contribution in [2.45, 2.75) is 25.6 Å². The second kappa shape index (κ2) is 7.66. The Kier molecular flexibility index (Phi) is 4.92. The Morgan fingerprint density at radius 3 is 2.59 bits per heavy atom. The van der Waals surface area contributed by atoms with E-state index in [4.69, 9.17) is 9.47 Å². The van der Waals surface area contributed by atoms with E-state index in [-0.39, 0.29) is 24.4 Å². The summed E-state index contributed by atoms with van der Waals surface area (Å²) in [5.41, 5.74) is 3.19. The van der Waals surface area contributed by atoms with Gasteiger partial charge in [-0.2, -0.15) is 0 Å². The lowest BCUT2D eigenvalue weighted by atomic mass is 10.1. The Morgan fingerprint density at radius 1 is 1.11 bits per heavy atom. The molecule has 0 bridgehead atoms. The zero-order valence-corrected chi connectivity index (χ0v) is 15.2. The van der Waals surface area contributed by atoms with Crippen LogP contribution in [0.15, 0.2) is 67.1 Å². The van der Waals surface area contributed by atoms with E-state index in [1.807, 2.05) is 66.2 Å². The SMILES string of the molecule is Cn1cncc1COC(=O)[C@@H]1C[C@H]1c1ccc(OCc2ccccc2)cc1. The minimum Gasteiger partial charge on any atom is -0.489 e. The molecule has 1 heterocycles. The molecule has 2 atom stereocenters. The highest BCUT2D eigenvalue weighted by Gasteiger charge is 2.45. The third kappa shape index (κ3) is 4.19. The highest BCUT2D eigenvalue weighted by molar-refractivity contribution is 5.77. The summed E-state index contributed by atoms with van der Waals surface area (Å²) in [6, 6.07) is 18.1. The normalized spacial score (nSPS) is 18.1. The zero-order valence-electron chi connectivity index (χ0n) is 15.2. The first kappa shape index (κ1) is 17.3. The standard InChI is InChI=1S/C22H22N2O3/c1-24-15-23-12-18(24)14-27-22(25)21-11-20(21)17-7-9-19(10-8-17)26-13-16-5-3-2-4-6-16/h2-10,12,15,20-21H,11,13-14H2,1H3/t20-,21+/m0/s1. The van der Waals surface area contributed by atoms with Gasteiger partial charge in [-0.05, 0) is 35.6 Å². The largest absolute Gasteiger partial charge is 0.489 e. The van der Waals surface area contributed by atoms with Gasteiger partial charge in [0.2, 0.25) is 0 Å². The van der Waals surface area contributed by atoms with Gasteiger partial charge in [0.15, 0.2) is 0 Å². The van der Waals surface area contributed by atoms with Crippen LogP contribution in [0.1, 0.15) is 29.2 Å². The lowest BCUT2D eigenvalue weighted by Gasteiger charge is -2.08. The van der Waals surface area contributed by atoms with Gasteiger partial charge in [0, 0.05) is 7.05 Å². The molecule has 0 radical (unpaired) electrons. The lowest BCUT2D eigenvalue weighted by Crippen LogP contribution is -2.09. The van der Waals surface area contributed by atoms with Crippen LogP contribution in [-0.4, -0.2) is 15.5 Å². The number of hydrogen-bond acceptors (Lipinski definition) is 4. The van der Waals surface area contributed by atoms with Crippen molar-refractivity contribution < 1.29 is 14.3 Å². The molecular formula is C22H22N2O3. The maximum Gasteiger partial charge on any atom is 0.309 e. The average Bonchev–Trinajstić information content (AvgIpc) is 3.41. The Morgan fingerprint density at radius 2 is 1.89 bits per heavy atom. The summed E-state index contributed by atoms with van der Waals surface area (Å²) in [5, 5.41) is 0. The molecule has 0 amide bonds. The highest BCUT2D eigenvalue weighted by Crippen LogP contribution is 2.48. The molecule has 1 fully saturated rings. The fraction of sp³-hybridized carbons (Fsp3) is 0.273. The molecule has 0 aliphatic heterocycles. The summed E-state index contributed by atoms with van der Waals surface area (Å²) in [6.45, 7) is 0.817. The number of carbonyl (C=O) groups excluding carboxylic acids is 1. The highest BCUT2D eigenvalue weighted by atomic mass is 16.5. The van der Waals surface area contributed by atoms with Gasteiger partial charge < -0.3 is 14.0 Å². The molecule has 2 aromatic carbocycles. The molecular weight excluding hydrogens is 340 g/mol. The summed E-state index contributed by atoms with van der Waals surface area (Å²) in [6.07, 6.45) is 4.25. The Balaban J connectivity index is 1.27. The molecule has 138 valence electrons. The molecule has 5 nitrogen and oxygen atoms in total. The number of hydrogen-bond donors (Lipinski definition) is 0. The summed E-state index contributed by atoms with van der Waals surface area (Å²) >= 11 is 0. The average molecular weight is 362 g/mol. The van der Waals surface area contributed by atoms with Crippen LogP contribution < -0.4 is 4.74 Å². The maximum atomic E-state index is 12.2. The van der Waals surface area contributed by atoms with Crippen molar-refractivity contribution >= 4 is 5.97 Å². The van der Waals surface area contributed by atoms with E-state index in [1.165, 1.54) is 0 Å². The Hall–Kier alpha value is -3.08. The number of esters is 1. The van der Waals surface area contributed by atoms with Gasteiger partial charge in [-0.25, -0.2) is 4.98 Å². The Bertz CT molecular complexity index is 903. The predicted molar refractivity (Wildman–Crippen MR) is 101 cm³/mol. The molecule has 0 saturated heterocycles. The van der Waals surface area contributed by atoms with Gasteiger partial charge in [-0.1, -0.05) is 42.5 Å². The number of imidazole rings is 1. The first-order chi connectivity index (χ1) is 13.2. The van der Waals surface area contributed by atoms with E-state index in [1.54, 1.807) is 12.5 Å². The predicted octanol–water partition coefficient (Wildman–Crippen LogP) is 3.85. The number of aryl methyl sites for hydroxylation is 1. The first-order valence-electron chi connectivity index (χ1n) is 9.09. The third-order valence-corrected chi connectivity index (χ3v) is 4.93. The van der Waals surface area contributed by atoms with E-state index in [2.05, 4.69) is 4.98 Å². The van der Waals surface area contributed by atoms with E-state index in [9.17, 15) is 4.79 Å². The molecule has 1 aromatic heterocycles. The van der Waals surface area contributed by atoms with E-state index in [0.717, 1.165) is 29.0 Å². The van der Waals surface area contributed by atoms with Crippen LogP contribution >= 0.6 is 0 Å². The maximum absolute atomic E-state index is 12.2. The smallest absolute Gasteiger partial charge is 0.309 e. The molecule has 4 rings (SSSR count). The van der Waals surface area contributed by atoms with Gasteiger partial charge >= 0.3 is 5.97 Å². The van der Waals surface area contributed by atoms with Gasteiger partial charge in [-0.15, -0.1) is 0 Å². The minimum atomic E-state index is -0.134. The zero-order chi connectivity index (χ0) is 18.6.